The van der Waals surface area contributed by atoms with Gasteiger partial charge in [-0.25, -0.2) is 5.43 Å². The molecule has 0 heterocycles. The van der Waals surface area contributed by atoms with Crippen molar-refractivity contribution in [3.05, 3.63) is 123 Å². The minimum atomic E-state index is -1.94. The number of rotatable bonds is 10. The molecule has 0 saturated heterocycles. The summed E-state index contributed by atoms with van der Waals surface area (Å²) in [6.45, 7) is -0.206. The lowest BCUT2D eigenvalue weighted by atomic mass is 9.85. The van der Waals surface area contributed by atoms with Crippen LogP contribution in [-0.2, 0) is 15.2 Å². The number of para-hydroxylation sites is 1. The average molecular weight is 635 g/mol. The second-order valence-corrected chi connectivity index (χ2v) is 9.54. The second kappa shape index (κ2) is 13.0. The summed E-state index contributed by atoms with van der Waals surface area (Å²) in [4.78, 5) is 25.5. The molecule has 9 heteroatoms. The van der Waals surface area contributed by atoms with Gasteiger partial charge in [0, 0.05) is 5.69 Å². The molecular weight excluding hydrogens is 609 g/mol. The Bertz CT molecular complexity index is 1410. The molecule has 0 fully saturated rings. The van der Waals surface area contributed by atoms with Gasteiger partial charge in [-0.2, -0.15) is 5.10 Å². The average Bonchev–Trinajstić information content (AvgIpc) is 2.97. The van der Waals surface area contributed by atoms with Crippen LogP contribution < -0.4 is 20.2 Å². The molecule has 0 spiro atoms. The van der Waals surface area contributed by atoms with Gasteiger partial charge in [0.2, 0.25) is 0 Å². The Morgan fingerprint density at radius 1 is 0.923 bits per heavy atom. The number of carbonyl (C=O) groups excluding carboxylic acids is 2. The van der Waals surface area contributed by atoms with Gasteiger partial charge >= 0.3 is 0 Å². The maximum absolute atomic E-state index is 13.2. The molecule has 0 saturated carbocycles. The molecule has 3 N–H and O–H groups in total. The van der Waals surface area contributed by atoms with Crippen molar-refractivity contribution >= 4 is 46.3 Å². The summed E-state index contributed by atoms with van der Waals surface area (Å²) in [5, 5.41) is 18.4. The monoisotopic (exact) mass is 635 g/mol. The number of amides is 2. The fourth-order valence-corrected chi connectivity index (χ4v) is 4.63. The molecule has 0 aromatic heterocycles. The molecule has 0 aliphatic carbocycles. The van der Waals surface area contributed by atoms with Crippen LogP contribution in [0, 0.1) is 3.57 Å². The molecule has 0 atom stereocenters. The number of methoxy groups -OCH3 is 1. The molecule has 198 valence electrons. The van der Waals surface area contributed by atoms with Crippen LogP contribution in [0.25, 0.3) is 0 Å². The standard InChI is InChI=1S/C30H26IN3O5/c1-38-26-18-21(17-25(31)28(26)39-20-27(35)33-24-15-9-4-10-16-24)19-32-34-29(36)30(37,22-11-5-2-6-12-22)23-13-7-3-8-14-23/h2-19,37H,20H2,1H3,(H,33,35)(H,34,36)/b32-19-. The number of ether oxygens (including phenoxy) is 2. The fourth-order valence-electron chi connectivity index (χ4n) is 3.84. The molecule has 8 nitrogen and oxygen atoms in total. The van der Waals surface area contributed by atoms with E-state index >= 15 is 0 Å². The van der Waals surface area contributed by atoms with Crippen molar-refractivity contribution in [3.8, 4) is 11.5 Å². The van der Waals surface area contributed by atoms with E-state index < -0.39 is 11.5 Å². The topological polar surface area (TPSA) is 109 Å². The van der Waals surface area contributed by atoms with Crippen LogP contribution in [0.15, 0.2) is 108 Å². The Kier molecular flexibility index (Phi) is 9.29. The summed E-state index contributed by atoms with van der Waals surface area (Å²) in [7, 11) is 1.49. The first-order chi connectivity index (χ1) is 18.9. The third-order valence-corrected chi connectivity index (χ3v) is 6.55. The molecule has 39 heavy (non-hydrogen) atoms. The van der Waals surface area contributed by atoms with Gasteiger partial charge in [0.05, 0.1) is 16.9 Å². The number of hydrogen-bond acceptors (Lipinski definition) is 6. The maximum Gasteiger partial charge on any atom is 0.281 e. The Balaban J connectivity index is 1.47. The van der Waals surface area contributed by atoms with Crippen LogP contribution in [0.3, 0.4) is 0 Å². The molecule has 0 unspecified atom stereocenters. The van der Waals surface area contributed by atoms with Gasteiger partial charge in [-0.3, -0.25) is 9.59 Å². The fraction of sp³-hybridized carbons (Fsp3) is 0.100. The van der Waals surface area contributed by atoms with E-state index in [-0.39, 0.29) is 12.5 Å². The van der Waals surface area contributed by atoms with Crippen molar-refractivity contribution < 1.29 is 24.2 Å². The summed E-state index contributed by atoms with van der Waals surface area (Å²) < 4.78 is 11.9. The number of carbonyl (C=O) groups is 2. The molecule has 0 aliphatic rings. The lowest BCUT2D eigenvalue weighted by molar-refractivity contribution is -0.136. The zero-order chi connectivity index (χ0) is 27.7. The normalized spacial score (nSPS) is 11.2. The molecule has 0 bridgehead atoms. The van der Waals surface area contributed by atoms with Crippen molar-refractivity contribution in [1.29, 1.82) is 0 Å². The maximum atomic E-state index is 13.2. The third-order valence-electron chi connectivity index (χ3n) is 5.75. The molecule has 2 amide bonds. The number of aliphatic hydroxyl groups is 1. The van der Waals surface area contributed by atoms with Crippen LogP contribution in [-0.4, -0.2) is 36.9 Å². The number of benzene rings is 4. The first-order valence-corrected chi connectivity index (χ1v) is 13.0. The lowest BCUT2D eigenvalue weighted by Gasteiger charge is -2.27. The number of anilines is 1. The zero-order valence-corrected chi connectivity index (χ0v) is 23.2. The second-order valence-electron chi connectivity index (χ2n) is 8.38. The Morgan fingerprint density at radius 2 is 1.49 bits per heavy atom. The summed E-state index contributed by atoms with van der Waals surface area (Å²) in [6.07, 6.45) is 1.44. The largest absolute Gasteiger partial charge is 0.493 e. The number of nitrogens with zero attached hydrogens (tertiary/aromatic N) is 1. The Morgan fingerprint density at radius 3 is 2.05 bits per heavy atom. The zero-order valence-electron chi connectivity index (χ0n) is 21.0. The van der Waals surface area contributed by atoms with E-state index in [0.29, 0.717) is 37.4 Å². The van der Waals surface area contributed by atoms with E-state index in [1.54, 1.807) is 72.8 Å². The van der Waals surface area contributed by atoms with Crippen LogP contribution >= 0.6 is 22.6 Å². The molecule has 4 rings (SSSR count). The van der Waals surface area contributed by atoms with Crippen molar-refractivity contribution in [3.63, 3.8) is 0 Å². The molecule has 0 radical (unpaired) electrons. The van der Waals surface area contributed by atoms with Crippen molar-refractivity contribution in [1.82, 2.24) is 5.43 Å². The SMILES string of the molecule is COc1cc(/C=N\NC(=O)C(O)(c2ccccc2)c2ccccc2)cc(I)c1OCC(=O)Nc1ccccc1. The predicted octanol–water partition coefficient (Wildman–Crippen LogP) is 4.70. The third kappa shape index (κ3) is 6.81. The smallest absolute Gasteiger partial charge is 0.281 e. The molecule has 0 aliphatic heterocycles. The van der Waals surface area contributed by atoms with Crippen LogP contribution in [0.2, 0.25) is 0 Å². The van der Waals surface area contributed by atoms with Crippen LogP contribution in [0.1, 0.15) is 16.7 Å². The first kappa shape index (κ1) is 27.8. The number of nitrogens with one attached hydrogen (secondary N) is 2. The Hall–Kier alpha value is -4.22. The van der Waals surface area contributed by atoms with E-state index in [4.69, 9.17) is 9.47 Å². The van der Waals surface area contributed by atoms with Gasteiger partial charge in [-0.05, 0) is 63.5 Å². The first-order valence-electron chi connectivity index (χ1n) is 11.9. The highest BCUT2D eigenvalue weighted by molar-refractivity contribution is 14.1. The lowest BCUT2D eigenvalue weighted by Crippen LogP contribution is -2.43. The quantitative estimate of drug-likeness (QED) is 0.133. The van der Waals surface area contributed by atoms with E-state index in [2.05, 4.69) is 38.4 Å². The van der Waals surface area contributed by atoms with Crippen LogP contribution in [0.5, 0.6) is 11.5 Å². The van der Waals surface area contributed by atoms with Gasteiger partial charge in [0.15, 0.2) is 23.7 Å². The van der Waals surface area contributed by atoms with Gasteiger partial charge in [0.1, 0.15) is 0 Å². The minimum absolute atomic E-state index is 0.206. The van der Waals surface area contributed by atoms with Gasteiger partial charge in [-0.1, -0.05) is 78.9 Å². The van der Waals surface area contributed by atoms with Crippen LogP contribution in [0.4, 0.5) is 5.69 Å². The summed E-state index contributed by atoms with van der Waals surface area (Å²) >= 11 is 2.07. The highest BCUT2D eigenvalue weighted by Crippen LogP contribution is 2.34. The predicted molar refractivity (Wildman–Crippen MR) is 158 cm³/mol. The van der Waals surface area contributed by atoms with Crippen molar-refractivity contribution in [2.75, 3.05) is 19.0 Å². The van der Waals surface area contributed by atoms with E-state index in [0.717, 1.165) is 0 Å². The summed E-state index contributed by atoms with van der Waals surface area (Å²) in [6, 6.07) is 29.9. The van der Waals surface area contributed by atoms with Crippen molar-refractivity contribution in [2.24, 2.45) is 5.10 Å². The minimum Gasteiger partial charge on any atom is -0.493 e. The number of hydrazone groups is 1. The van der Waals surface area contributed by atoms with Gasteiger partial charge in [0.25, 0.3) is 11.8 Å². The summed E-state index contributed by atoms with van der Waals surface area (Å²) in [5.74, 6) is -0.212. The number of halogens is 1. The molecular formula is C30H26IN3O5. The van der Waals surface area contributed by atoms with Gasteiger partial charge in [-0.15, -0.1) is 0 Å². The number of hydrogen-bond donors (Lipinski definition) is 3. The van der Waals surface area contributed by atoms with E-state index in [1.807, 2.05) is 30.3 Å². The summed E-state index contributed by atoms with van der Waals surface area (Å²) in [5.41, 5.74) is 2.63. The Labute approximate surface area is 239 Å². The highest BCUT2D eigenvalue weighted by Gasteiger charge is 2.39. The van der Waals surface area contributed by atoms with E-state index in [1.165, 1.54) is 13.3 Å². The van der Waals surface area contributed by atoms with Crippen molar-refractivity contribution in [2.45, 2.75) is 5.60 Å². The molecule has 4 aromatic carbocycles. The van der Waals surface area contributed by atoms with Gasteiger partial charge < -0.3 is 19.9 Å². The van der Waals surface area contributed by atoms with E-state index in [9.17, 15) is 14.7 Å². The molecule has 4 aromatic rings. The highest BCUT2D eigenvalue weighted by atomic mass is 127.